The van der Waals surface area contributed by atoms with Gasteiger partial charge in [0.05, 0.1) is 6.61 Å². The lowest BCUT2D eigenvalue weighted by atomic mass is 10.0. The molecule has 0 aromatic heterocycles. The fraction of sp³-hybridized carbons (Fsp3) is 0.710. The van der Waals surface area contributed by atoms with Gasteiger partial charge < -0.3 is 14.6 Å². The van der Waals surface area contributed by atoms with Gasteiger partial charge in [0, 0.05) is 12.8 Å². The lowest BCUT2D eigenvalue weighted by Gasteiger charge is -2.15. The summed E-state index contributed by atoms with van der Waals surface area (Å²) in [6, 6.07) is 0. The lowest BCUT2D eigenvalue weighted by Crippen LogP contribution is -2.28. The van der Waals surface area contributed by atoms with Crippen molar-refractivity contribution < 1.29 is 24.2 Å². The molecule has 5 nitrogen and oxygen atoms in total. The molecule has 0 aromatic rings. The van der Waals surface area contributed by atoms with E-state index >= 15 is 0 Å². The summed E-state index contributed by atoms with van der Waals surface area (Å²) in [7, 11) is 0. The quantitative estimate of drug-likeness (QED) is 0.0374. The number of ether oxygens (including phenoxy) is 2. The second kappa shape index (κ2) is 57.1. The SMILES string of the molecule is CC/C=C\C/C=C\C/C=C\C/C=C\C/C=C\C/C=C\C/C=C\CCCCCCCCCCCCCCCCCCCCCC(=O)OC(CO)COC(=O)CCCCCCC/C=C\CCCCC. The van der Waals surface area contributed by atoms with Crippen molar-refractivity contribution in [3.8, 4) is 0 Å². The van der Waals surface area contributed by atoms with Crippen molar-refractivity contribution in [2.24, 2.45) is 0 Å². The highest BCUT2D eigenvalue weighted by molar-refractivity contribution is 5.70. The smallest absolute Gasteiger partial charge is 0.306 e. The van der Waals surface area contributed by atoms with Crippen molar-refractivity contribution in [2.75, 3.05) is 13.2 Å². The van der Waals surface area contributed by atoms with Gasteiger partial charge in [-0.2, -0.15) is 0 Å². The first-order chi connectivity index (χ1) is 33.1. The van der Waals surface area contributed by atoms with E-state index in [0.717, 1.165) is 89.9 Å². The maximum absolute atomic E-state index is 12.3. The Bertz CT molecular complexity index is 1280. The van der Waals surface area contributed by atoms with Gasteiger partial charge in [0.15, 0.2) is 6.10 Å². The fourth-order valence-corrected chi connectivity index (χ4v) is 7.88. The van der Waals surface area contributed by atoms with Gasteiger partial charge >= 0.3 is 11.9 Å². The first-order valence-corrected chi connectivity index (χ1v) is 28.3. The molecule has 0 heterocycles. The van der Waals surface area contributed by atoms with Crippen LogP contribution in [0.5, 0.6) is 0 Å². The molecule has 0 rings (SSSR count). The van der Waals surface area contributed by atoms with Crippen LogP contribution in [0.25, 0.3) is 0 Å². The average molecular weight is 932 g/mol. The number of esters is 2. The van der Waals surface area contributed by atoms with E-state index in [1.54, 1.807) is 0 Å². The Morgan fingerprint density at radius 1 is 0.358 bits per heavy atom. The predicted octanol–water partition coefficient (Wildman–Crippen LogP) is 19.1. The summed E-state index contributed by atoms with van der Waals surface area (Å²) in [5.74, 6) is -0.597. The molecule has 384 valence electrons. The number of carbonyl (C=O) groups excluding carboxylic acids is 2. The first kappa shape index (κ1) is 63.8. The Labute approximate surface area is 415 Å². The minimum absolute atomic E-state index is 0.0701. The van der Waals surface area contributed by atoms with Crippen LogP contribution >= 0.6 is 0 Å². The van der Waals surface area contributed by atoms with Crippen molar-refractivity contribution in [1.29, 1.82) is 0 Å². The third-order valence-corrected chi connectivity index (χ3v) is 12.1. The van der Waals surface area contributed by atoms with Crippen molar-refractivity contribution in [3.05, 3.63) is 97.2 Å². The second-order valence-corrected chi connectivity index (χ2v) is 18.6. The monoisotopic (exact) mass is 931 g/mol. The van der Waals surface area contributed by atoms with Gasteiger partial charge in [0.2, 0.25) is 0 Å². The summed E-state index contributed by atoms with van der Waals surface area (Å²) in [5.41, 5.74) is 0. The molecule has 0 aliphatic rings. The molecule has 0 saturated carbocycles. The van der Waals surface area contributed by atoms with E-state index in [1.807, 2.05) is 0 Å². The van der Waals surface area contributed by atoms with E-state index in [9.17, 15) is 14.7 Å². The molecule has 0 aromatic carbocycles. The van der Waals surface area contributed by atoms with E-state index in [2.05, 4.69) is 111 Å². The first-order valence-electron chi connectivity index (χ1n) is 28.3. The van der Waals surface area contributed by atoms with E-state index < -0.39 is 6.10 Å². The molecule has 0 fully saturated rings. The summed E-state index contributed by atoms with van der Waals surface area (Å²) in [4.78, 5) is 24.4. The van der Waals surface area contributed by atoms with Gasteiger partial charge in [-0.1, -0.05) is 252 Å². The molecule has 0 spiro atoms. The van der Waals surface area contributed by atoms with Crippen LogP contribution in [0.2, 0.25) is 0 Å². The van der Waals surface area contributed by atoms with E-state index in [-0.39, 0.29) is 25.2 Å². The standard InChI is InChI=1S/C62H106O5/c1-3-5-7-9-11-13-15-17-18-19-20-21-22-23-24-25-26-27-28-29-30-31-32-33-34-35-36-37-38-39-40-41-42-43-44-45-47-49-51-53-55-57-62(65)67-60(58-63)59-66-61(64)56-54-52-50-48-46-16-14-12-10-8-6-4-2/h5,7,11-14,17-18,20-21,23-24,26-27,29-30,60,63H,3-4,6,8-10,15-16,19,22,25,28,31-59H2,1-2H3/b7-5-,13-11-,14-12-,18-17-,21-20-,24-23-,27-26-,30-29-. The van der Waals surface area contributed by atoms with Crippen LogP contribution in [-0.2, 0) is 19.1 Å². The average Bonchev–Trinajstić information content (AvgIpc) is 3.33. The lowest BCUT2D eigenvalue weighted by molar-refractivity contribution is -0.161. The van der Waals surface area contributed by atoms with E-state index in [0.29, 0.717) is 12.8 Å². The van der Waals surface area contributed by atoms with Crippen molar-refractivity contribution in [1.82, 2.24) is 0 Å². The zero-order chi connectivity index (χ0) is 48.5. The molecule has 1 unspecified atom stereocenters. The summed E-state index contributed by atoms with van der Waals surface area (Å²) < 4.78 is 10.7. The van der Waals surface area contributed by atoms with E-state index in [1.165, 1.54) is 148 Å². The summed E-state index contributed by atoms with van der Waals surface area (Å²) >= 11 is 0. The number of hydrogen-bond acceptors (Lipinski definition) is 5. The van der Waals surface area contributed by atoms with Gasteiger partial charge in [0.25, 0.3) is 0 Å². The molecule has 0 bridgehead atoms. The van der Waals surface area contributed by atoms with Crippen molar-refractivity contribution in [2.45, 2.75) is 270 Å². The summed E-state index contributed by atoms with van der Waals surface area (Å²) in [6.07, 6.45) is 81.1. The number of aliphatic hydroxyl groups excluding tert-OH is 1. The highest BCUT2D eigenvalue weighted by Crippen LogP contribution is 2.16. The largest absolute Gasteiger partial charge is 0.462 e. The van der Waals surface area contributed by atoms with Crippen LogP contribution in [-0.4, -0.2) is 36.4 Å². The number of rotatable bonds is 51. The van der Waals surface area contributed by atoms with Crippen LogP contribution in [0.1, 0.15) is 264 Å². The Balaban J connectivity index is 3.45. The molecular formula is C62H106O5. The normalized spacial score (nSPS) is 12.9. The Kier molecular flexibility index (Phi) is 54.4. The molecule has 5 heteroatoms. The number of aliphatic hydroxyl groups is 1. The van der Waals surface area contributed by atoms with Crippen LogP contribution in [0.15, 0.2) is 97.2 Å². The van der Waals surface area contributed by atoms with Crippen LogP contribution < -0.4 is 0 Å². The molecule has 1 atom stereocenters. The molecule has 67 heavy (non-hydrogen) atoms. The van der Waals surface area contributed by atoms with Crippen molar-refractivity contribution in [3.63, 3.8) is 0 Å². The Hall–Kier alpha value is -3.18. The fourth-order valence-electron chi connectivity index (χ4n) is 7.88. The molecule has 0 radical (unpaired) electrons. The predicted molar refractivity (Wildman–Crippen MR) is 292 cm³/mol. The minimum Gasteiger partial charge on any atom is -0.462 e. The van der Waals surface area contributed by atoms with Gasteiger partial charge in [-0.15, -0.1) is 0 Å². The van der Waals surface area contributed by atoms with Gasteiger partial charge in [-0.3, -0.25) is 9.59 Å². The summed E-state index contributed by atoms with van der Waals surface area (Å²) in [6.45, 7) is 4.00. The number of carbonyl (C=O) groups is 2. The van der Waals surface area contributed by atoms with Gasteiger partial charge in [0.1, 0.15) is 6.61 Å². The van der Waals surface area contributed by atoms with Crippen LogP contribution in [0.3, 0.4) is 0 Å². The number of hydrogen-bond donors (Lipinski definition) is 1. The Morgan fingerprint density at radius 2 is 0.642 bits per heavy atom. The number of unbranched alkanes of at least 4 members (excludes halogenated alkanes) is 27. The minimum atomic E-state index is -0.776. The van der Waals surface area contributed by atoms with E-state index in [4.69, 9.17) is 9.47 Å². The molecule has 0 aliphatic carbocycles. The Morgan fingerprint density at radius 3 is 0.985 bits per heavy atom. The van der Waals surface area contributed by atoms with Crippen molar-refractivity contribution >= 4 is 11.9 Å². The van der Waals surface area contributed by atoms with Gasteiger partial charge in [-0.05, 0) is 96.3 Å². The molecule has 1 N–H and O–H groups in total. The maximum atomic E-state index is 12.3. The zero-order valence-corrected chi connectivity index (χ0v) is 43.9. The number of allylic oxidation sites excluding steroid dienone is 16. The third kappa shape index (κ3) is 55.3. The maximum Gasteiger partial charge on any atom is 0.306 e. The van der Waals surface area contributed by atoms with Gasteiger partial charge in [-0.25, -0.2) is 0 Å². The highest BCUT2D eigenvalue weighted by atomic mass is 16.6. The zero-order valence-electron chi connectivity index (χ0n) is 43.9. The summed E-state index contributed by atoms with van der Waals surface area (Å²) in [5, 5.41) is 9.61. The van der Waals surface area contributed by atoms with Crippen LogP contribution in [0.4, 0.5) is 0 Å². The molecule has 0 aliphatic heterocycles. The molecule has 0 amide bonds. The topological polar surface area (TPSA) is 72.8 Å². The second-order valence-electron chi connectivity index (χ2n) is 18.6. The highest BCUT2D eigenvalue weighted by Gasteiger charge is 2.16. The van der Waals surface area contributed by atoms with Crippen LogP contribution in [0, 0.1) is 0 Å². The third-order valence-electron chi connectivity index (χ3n) is 12.1. The molecular weight excluding hydrogens is 825 g/mol. The molecule has 0 saturated heterocycles.